The summed E-state index contributed by atoms with van der Waals surface area (Å²) in [5.41, 5.74) is 0.342. The third-order valence-corrected chi connectivity index (χ3v) is 3.32. The van der Waals surface area contributed by atoms with Crippen LogP contribution in [-0.2, 0) is 18.3 Å². The van der Waals surface area contributed by atoms with Crippen molar-refractivity contribution in [3.05, 3.63) is 70.6 Å². The van der Waals surface area contributed by atoms with Crippen molar-refractivity contribution < 1.29 is 9.53 Å². The van der Waals surface area contributed by atoms with Crippen molar-refractivity contribution in [2.75, 3.05) is 0 Å². The van der Waals surface area contributed by atoms with E-state index in [0.717, 1.165) is 0 Å². The molecule has 0 amide bonds. The highest BCUT2D eigenvalue weighted by molar-refractivity contribution is 5.87. The van der Waals surface area contributed by atoms with Gasteiger partial charge in [0.1, 0.15) is 5.75 Å². The van der Waals surface area contributed by atoms with Gasteiger partial charge in [0.25, 0.3) is 5.56 Å². The number of nitrogens with zero attached hydrogens (tertiary/aromatic N) is 2. The minimum atomic E-state index is -0.414. The van der Waals surface area contributed by atoms with E-state index in [0.29, 0.717) is 22.2 Å². The molecule has 0 aliphatic carbocycles. The smallest absolute Gasteiger partial charge is 0.317 e. The van der Waals surface area contributed by atoms with Gasteiger partial charge in [-0.25, -0.2) is 4.68 Å². The highest BCUT2D eigenvalue weighted by Gasteiger charge is 2.13. The molecule has 0 saturated heterocycles. The van der Waals surface area contributed by atoms with Crippen molar-refractivity contribution in [1.82, 2.24) is 9.78 Å². The summed E-state index contributed by atoms with van der Waals surface area (Å²) in [7, 11) is 1.57. The lowest BCUT2D eigenvalue weighted by atomic mass is 10.1. The molecule has 1 heterocycles. The van der Waals surface area contributed by atoms with E-state index < -0.39 is 5.97 Å². The van der Waals surface area contributed by atoms with Crippen molar-refractivity contribution >= 4 is 16.7 Å². The van der Waals surface area contributed by atoms with E-state index in [2.05, 4.69) is 5.10 Å². The van der Waals surface area contributed by atoms with Gasteiger partial charge in [-0.05, 0) is 18.2 Å². The van der Waals surface area contributed by atoms with Crippen LogP contribution in [0, 0.1) is 0 Å². The lowest BCUT2D eigenvalue weighted by Gasteiger charge is -2.08. The first-order chi connectivity index (χ1) is 10.6. The van der Waals surface area contributed by atoms with Crippen LogP contribution in [0.5, 0.6) is 5.75 Å². The Kier molecular flexibility index (Phi) is 3.70. The van der Waals surface area contributed by atoms with Crippen LogP contribution in [0.4, 0.5) is 0 Å². The average molecular weight is 294 g/mol. The normalized spacial score (nSPS) is 10.6. The van der Waals surface area contributed by atoms with Crippen LogP contribution in [0.1, 0.15) is 5.69 Å². The molecule has 3 rings (SSSR count). The molecule has 0 aliphatic heterocycles. The number of hydrogen-bond donors (Lipinski definition) is 0. The van der Waals surface area contributed by atoms with Gasteiger partial charge >= 0.3 is 5.97 Å². The van der Waals surface area contributed by atoms with Crippen LogP contribution in [-0.4, -0.2) is 15.7 Å². The van der Waals surface area contributed by atoms with E-state index >= 15 is 0 Å². The highest BCUT2D eigenvalue weighted by atomic mass is 16.5. The topological polar surface area (TPSA) is 61.2 Å². The fourth-order valence-electron chi connectivity index (χ4n) is 2.30. The third kappa shape index (κ3) is 2.74. The second-order valence-electron chi connectivity index (χ2n) is 4.88. The number of para-hydroxylation sites is 1. The van der Waals surface area contributed by atoms with E-state index in [1.54, 1.807) is 49.5 Å². The molecule has 2 aromatic carbocycles. The van der Waals surface area contributed by atoms with Gasteiger partial charge in [-0.15, -0.1) is 0 Å². The Bertz CT molecular complexity index is 885. The Morgan fingerprint density at radius 3 is 2.41 bits per heavy atom. The first-order valence-electron chi connectivity index (χ1n) is 6.86. The Hall–Kier alpha value is -2.95. The Morgan fingerprint density at radius 2 is 1.68 bits per heavy atom. The van der Waals surface area contributed by atoms with Gasteiger partial charge in [-0.3, -0.25) is 9.59 Å². The highest BCUT2D eigenvalue weighted by Crippen LogP contribution is 2.15. The van der Waals surface area contributed by atoms with Crippen molar-refractivity contribution in [3.63, 3.8) is 0 Å². The first-order valence-corrected chi connectivity index (χ1v) is 6.86. The van der Waals surface area contributed by atoms with E-state index in [-0.39, 0.29) is 12.0 Å². The molecule has 110 valence electrons. The summed E-state index contributed by atoms with van der Waals surface area (Å²) >= 11 is 0. The van der Waals surface area contributed by atoms with Gasteiger partial charge in [0.05, 0.1) is 17.5 Å². The van der Waals surface area contributed by atoms with Gasteiger partial charge in [0, 0.05) is 12.4 Å². The van der Waals surface area contributed by atoms with Crippen LogP contribution in [0.15, 0.2) is 59.4 Å². The van der Waals surface area contributed by atoms with Crippen molar-refractivity contribution in [2.45, 2.75) is 6.42 Å². The van der Waals surface area contributed by atoms with Gasteiger partial charge in [-0.1, -0.05) is 36.4 Å². The van der Waals surface area contributed by atoms with Gasteiger partial charge < -0.3 is 4.74 Å². The SMILES string of the molecule is Cn1nc(CC(=O)Oc2ccccc2)c2ccccc2c1=O. The molecule has 0 N–H and O–H groups in total. The van der Waals surface area contributed by atoms with E-state index in [1.165, 1.54) is 4.68 Å². The summed E-state index contributed by atoms with van der Waals surface area (Å²) in [5, 5.41) is 5.41. The number of rotatable bonds is 3. The van der Waals surface area contributed by atoms with Crippen molar-refractivity contribution in [1.29, 1.82) is 0 Å². The number of ether oxygens (including phenoxy) is 1. The van der Waals surface area contributed by atoms with E-state index in [4.69, 9.17) is 4.74 Å². The summed E-state index contributed by atoms with van der Waals surface area (Å²) in [6, 6.07) is 16.0. The van der Waals surface area contributed by atoms with Crippen LogP contribution < -0.4 is 10.3 Å². The van der Waals surface area contributed by atoms with E-state index in [1.807, 2.05) is 12.1 Å². The minimum Gasteiger partial charge on any atom is -0.426 e. The molecule has 0 saturated carbocycles. The zero-order chi connectivity index (χ0) is 15.5. The maximum absolute atomic E-state index is 12.1. The molecule has 0 radical (unpaired) electrons. The van der Waals surface area contributed by atoms with Crippen LogP contribution in [0.3, 0.4) is 0 Å². The fraction of sp³-hybridized carbons (Fsp3) is 0.118. The van der Waals surface area contributed by atoms with Crippen molar-refractivity contribution in [2.24, 2.45) is 7.05 Å². The summed E-state index contributed by atoms with van der Waals surface area (Å²) in [6.07, 6.45) is 0.00350. The van der Waals surface area contributed by atoms with Gasteiger partial charge in [-0.2, -0.15) is 5.10 Å². The van der Waals surface area contributed by atoms with Gasteiger partial charge in [0.2, 0.25) is 0 Å². The number of hydrogen-bond acceptors (Lipinski definition) is 4. The van der Waals surface area contributed by atoms with Crippen LogP contribution in [0.25, 0.3) is 10.8 Å². The second kappa shape index (κ2) is 5.81. The quantitative estimate of drug-likeness (QED) is 0.548. The summed E-state index contributed by atoms with van der Waals surface area (Å²) < 4.78 is 6.51. The Morgan fingerprint density at radius 1 is 1.05 bits per heavy atom. The maximum atomic E-state index is 12.1. The molecule has 5 nitrogen and oxygen atoms in total. The van der Waals surface area contributed by atoms with Crippen LogP contribution >= 0.6 is 0 Å². The zero-order valence-electron chi connectivity index (χ0n) is 12.0. The van der Waals surface area contributed by atoms with Crippen molar-refractivity contribution in [3.8, 4) is 5.75 Å². The molecule has 0 bridgehead atoms. The molecule has 0 aliphatic rings. The van der Waals surface area contributed by atoms with Crippen LogP contribution in [0.2, 0.25) is 0 Å². The predicted octanol–water partition coefficient (Wildman–Crippen LogP) is 2.08. The lowest BCUT2D eigenvalue weighted by molar-refractivity contribution is -0.133. The molecule has 22 heavy (non-hydrogen) atoms. The lowest BCUT2D eigenvalue weighted by Crippen LogP contribution is -2.23. The predicted molar refractivity (Wildman–Crippen MR) is 82.8 cm³/mol. The monoisotopic (exact) mass is 294 g/mol. The fourth-order valence-corrected chi connectivity index (χ4v) is 2.30. The number of carbonyl (C=O) groups is 1. The third-order valence-electron chi connectivity index (χ3n) is 3.32. The summed E-state index contributed by atoms with van der Waals surface area (Å²) in [5.74, 6) is 0.0733. The zero-order valence-corrected chi connectivity index (χ0v) is 12.0. The minimum absolute atomic E-state index is 0.00350. The first kappa shape index (κ1) is 14.0. The number of aryl methyl sites for hydroxylation is 1. The molecule has 0 fully saturated rings. The number of aromatic nitrogens is 2. The Balaban J connectivity index is 1.92. The molecule has 0 atom stereocenters. The average Bonchev–Trinajstić information content (AvgIpc) is 2.53. The number of carbonyl (C=O) groups excluding carboxylic acids is 1. The molecule has 0 spiro atoms. The number of esters is 1. The van der Waals surface area contributed by atoms with E-state index in [9.17, 15) is 9.59 Å². The number of fused-ring (bicyclic) bond motifs is 1. The molecule has 5 heteroatoms. The number of benzene rings is 2. The molecule has 0 unspecified atom stereocenters. The molecule has 1 aromatic heterocycles. The maximum Gasteiger partial charge on any atom is 0.317 e. The molecule has 3 aromatic rings. The summed E-state index contributed by atoms with van der Waals surface area (Å²) in [6.45, 7) is 0. The largest absolute Gasteiger partial charge is 0.426 e. The second-order valence-corrected chi connectivity index (χ2v) is 4.88. The standard InChI is InChI=1S/C17H14N2O3/c1-19-17(21)14-10-6-5-9-13(14)15(18-19)11-16(20)22-12-7-3-2-4-8-12/h2-10H,11H2,1H3. The summed E-state index contributed by atoms with van der Waals surface area (Å²) in [4.78, 5) is 24.1. The molecular weight excluding hydrogens is 280 g/mol. The molecular formula is C17H14N2O3. The Labute approximate surface area is 126 Å². The van der Waals surface area contributed by atoms with Gasteiger partial charge in [0.15, 0.2) is 0 Å².